The minimum absolute atomic E-state index is 0.0638. The van der Waals surface area contributed by atoms with Gasteiger partial charge in [0.15, 0.2) is 0 Å². The average Bonchev–Trinajstić information content (AvgIpc) is 2.61. The van der Waals surface area contributed by atoms with Crippen LogP contribution in [0.15, 0.2) is 24.3 Å². The van der Waals surface area contributed by atoms with Crippen LogP contribution >= 0.6 is 0 Å². The van der Waals surface area contributed by atoms with Gasteiger partial charge in [-0.25, -0.2) is 0 Å². The van der Waals surface area contributed by atoms with Crippen LogP contribution in [0.25, 0.3) is 0 Å². The van der Waals surface area contributed by atoms with Gasteiger partial charge in [-0.15, -0.1) is 0 Å². The first kappa shape index (κ1) is 19.7. The van der Waals surface area contributed by atoms with Crippen LogP contribution in [0, 0.1) is 0 Å². The maximum absolute atomic E-state index is 12.8. The van der Waals surface area contributed by atoms with Crippen molar-refractivity contribution in [2.45, 2.75) is 38.7 Å². The SMILES string of the molecule is CCCN(C(=O)c1ccc(C(F)(F)F)cc1)C1CNC(=O)C(C)N1C=O. The number of nitrogens with zero attached hydrogens (tertiary/aromatic N) is 2. The Hall–Kier alpha value is -2.58. The fraction of sp³-hybridized carbons (Fsp3) is 0.471. The van der Waals surface area contributed by atoms with Gasteiger partial charge in [-0.05, 0) is 37.6 Å². The molecule has 26 heavy (non-hydrogen) atoms. The van der Waals surface area contributed by atoms with Gasteiger partial charge < -0.3 is 15.1 Å². The number of rotatable bonds is 5. The Labute approximate surface area is 148 Å². The summed E-state index contributed by atoms with van der Waals surface area (Å²) in [6.45, 7) is 3.73. The molecule has 2 atom stereocenters. The molecule has 0 saturated carbocycles. The van der Waals surface area contributed by atoms with Gasteiger partial charge in [-0.1, -0.05) is 6.92 Å². The van der Waals surface area contributed by atoms with E-state index in [-0.39, 0.29) is 24.6 Å². The molecule has 1 N–H and O–H groups in total. The largest absolute Gasteiger partial charge is 0.416 e. The second-order valence-electron chi connectivity index (χ2n) is 6.03. The Morgan fingerprint density at radius 2 is 1.96 bits per heavy atom. The number of benzene rings is 1. The summed E-state index contributed by atoms with van der Waals surface area (Å²) in [7, 11) is 0. The Bertz CT molecular complexity index is 676. The molecule has 1 aliphatic rings. The molecular formula is C17H20F3N3O3. The minimum atomic E-state index is -4.48. The Balaban J connectivity index is 2.29. The van der Waals surface area contributed by atoms with Gasteiger partial charge >= 0.3 is 6.18 Å². The standard InChI is InChI=1S/C17H20F3N3O3/c1-3-8-22(14-9-21-15(25)11(2)23(14)10-24)16(26)12-4-6-13(7-5-12)17(18,19)20/h4-7,10-11,14H,3,8-9H2,1-2H3,(H,21,25). The van der Waals surface area contributed by atoms with E-state index in [1.165, 1.54) is 9.80 Å². The van der Waals surface area contributed by atoms with E-state index >= 15 is 0 Å². The van der Waals surface area contributed by atoms with Crippen molar-refractivity contribution in [2.24, 2.45) is 0 Å². The number of hydrogen-bond acceptors (Lipinski definition) is 3. The van der Waals surface area contributed by atoms with Gasteiger partial charge in [0.1, 0.15) is 12.2 Å². The lowest BCUT2D eigenvalue weighted by molar-refractivity contribution is -0.142. The first-order chi connectivity index (χ1) is 12.2. The molecule has 1 aliphatic heterocycles. The average molecular weight is 371 g/mol. The van der Waals surface area contributed by atoms with E-state index in [1.54, 1.807) is 6.92 Å². The van der Waals surface area contributed by atoms with Crippen LogP contribution in [-0.2, 0) is 15.8 Å². The fourth-order valence-corrected chi connectivity index (χ4v) is 2.87. The predicted molar refractivity (Wildman–Crippen MR) is 86.9 cm³/mol. The van der Waals surface area contributed by atoms with Crippen LogP contribution in [0.4, 0.5) is 13.2 Å². The summed E-state index contributed by atoms with van der Waals surface area (Å²) in [6.07, 6.45) is -4.09. The number of hydrogen-bond donors (Lipinski definition) is 1. The Morgan fingerprint density at radius 1 is 1.35 bits per heavy atom. The summed E-state index contributed by atoms with van der Waals surface area (Å²) in [5, 5.41) is 2.64. The normalized spacial score (nSPS) is 20.5. The lowest BCUT2D eigenvalue weighted by atomic mass is 10.1. The third-order valence-electron chi connectivity index (χ3n) is 4.30. The quantitative estimate of drug-likeness (QED) is 0.804. The van der Waals surface area contributed by atoms with E-state index in [9.17, 15) is 27.6 Å². The Kier molecular flexibility index (Phi) is 5.89. The van der Waals surface area contributed by atoms with E-state index in [1.807, 2.05) is 6.92 Å². The number of nitrogens with one attached hydrogen (secondary N) is 1. The van der Waals surface area contributed by atoms with Gasteiger partial charge in [0.25, 0.3) is 5.91 Å². The maximum atomic E-state index is 12.8. The number of halogens is 3. The highest BCUT2D eigenvalue weighted by Gasteiger charge is 2.38. The number of carbonyl (C=O) groups is 3. The first-order valence-electron chi connectivity index (χ1n) is 8.19. The highest BCUT2D eigenvalue weighted by molar-refractivity contribution is 5.95. The molecule has 0 aromatic heterocycles. The van der Waals surface area contributed by atoms with Crippen LogP contribution in [0.1, 0.15) is 36.2 Å². The zero-order chi connectivity index (χ0) is 19.5. The van der Waals surface area contributed by atoms with Crippen LogP contribution in [0.3, 0.4) is 0 Å². The molecular weight excluding hydrogens is 351 g/mol. The molecule has 6 nitrogen and oxygen atoms in total. The molecule has 2 rings (SSSR count). The maximum Gasteiger partial charge on any atom is 0.416 e. The van der Waals surface area contributed by atoms with Crippen molar-refractivity contribution < 1.29 is 27.6 Å². The molecule has 0 aliphatic carbocycles. The van der Waals surface area contributed by atoms with Crippen LogP contribution < -0.4 is 5.32 Å². The second-order valence-corrected chi connectivity index (χ2v) is 6.03. The highest BCUT2D eigenvalue weighted by atomic mass is 19.4. The number of amides is 3. The number of piperazine rings is 1. The predicted octanol–water partition coefficient (Wildman–Crippen LogP) is 1.86. The van der Waals surface area contributed by atoms with Crippen molar-refractivity contribution in [3.05, 3.63) is 35.4 Å². The van der Waals surface area contributed by atoms with Gasteiger partial charge in [-0.2, -0.15) is 13.2 Å². The third-order valence-corrected chi connectivity index (χ3v) is 4.30. The molecule has 1 fully saturated rings. The summed E-state index contributed by atoms with van der Waals surface area (Å²) in [6, 6.07) is 3.18. The molecule has 1 aromatic rings. The van der Waals surface area contributed by atoms with E-state index in [0.717, 1.165) is 24.3 Å². The van der Waals surface area contributed by atoms with E-state index < -0.39 is 29.9 Å². The second kappa shape index (κ2) is 7.76. The van der Waals surface area contributed by atoms with Crippen molar-refractivity contribution >= 4 is 18.2 Å². The molecule has 1 aromatic carbocycles. The van der Waals surface area contributed by atoms with E-state index in [0.29, 0.717) is 12.8 Å². The van der Waals surface area contributed by atoms with Crippen molar-refractivity contribution in [2.75, 3.05) is 13.1 Å². The van der Waals surface area contributed by atoms with E-state index in [2.05, 4.69) is 5.32 Å². The molecule has 9 heteroatoms. The molecule has 0 bridgehead atoms. The van der Waals surface area contributed by atoms with Crippen molar-refractivity contribution in [3.63, 3.8) is 0 Å². The molecule has 1 heterocycles. The molecule has 2 unspecified atom stereocenters. The summed E-state index contributed by atoms with van der Waals surface area (Å²) < 4.78 is 38.1. The van der Waals surface area contributed by atoms with Crippen molar-refractivity contribution in [3.8, 4) is 0 Å². The summed E-state index contributed by atoms with van der Waals surface area (Å²) in [4.78, 5) is 38.6. The van der Waals surface area contributed by atoms with E-state index in [4.69, 9.17) is 0 Å². The molecule has 142 valence electrons. The van der Waals surface area contributed by atoms with Crippen LogP contribution in [0.5, 0.6) is 0 Å². The first-order valence-corrected chi connectivity index (χ1v) is 8.19. The summed E-state index contributed by atoms with van der Waals surface area (Å²) in [5.74, 6) is -0.826. The van der Waals surface area contributed by atoms with Gasteiger partial charge in [0, 0.05) is 12.1 Å². The fourth-order valence-electron chi connectivity index (χ4n) is 2.87. The van der Waals surface area contributed by atoms with Gasteiger partial charge in [-0.3, -0.25) is 14.4 Å². The number of alkyl halides is 3. The monoisotopic (exact) mass is 371 g/mol. The van der Waals surface area contributed by atoms with Crippen LogP contribution in [-0.4, -0.2) is 53.3 Å². The molecule has 1 saturated heterocycles. The lowest BCUT2D eigenvalue weighted by Crippen LogP contribution is -2.65. The Morgan fingerprint density at radius 3 is 2.46 bits per heavy atom. The highest BCUT2D eigenvalue weighted by Crippen LogP contribution is 2.29. The van der Waals surface area contributed by atoms with Crippen molar-refractivity contribution in [1.29, 1.82) is 0 Å². The van der Waals surface area contributed by atoms with Gasteiger partial charge in [0.2, 0.25) is 12.3 Å². The minimum Gasteiger partial charge on any atom is -0.350 e. The van der Waals surface area contributed by atoms with Crippen molar-refractivity contribution in [1.82, 2.24) is 15.1 Å². The molecule has 3 amide bonds. The lowest BCUT2D eigenvalue weighted by Gasteiger charge is -2.43. The zero-order valence-electron chi connectivity index (χ0n) is 14.4. The topological polar surface area (TPSA) is 69.7 Å². The number of carbonyl (C=O) groups excluding carboxylic acids is 3. The summed E-state index contributed by atoms with van der Waals surface area (Å²) in [5.41, 5.74) is -0.758. The van der Waals surface area contributed by atoms with Crippen LogP contribution in [0.2, 0.25) is 0 Å². The van der Waals surface area contributed by atoms with Gasteiger partial charge in [0.05, 0.1) is 12.1 Å². The zero-order valence-corrected chi connectivity index (χ0v) is 14.4. The smallest absolute Gasteiger partial charge is 0.350 e. The third kappa shape index (κ3) is 3.97. The molecule has 0 radical (unpaired) electrons. The molecule has 0 spiro atoms. The summed E-state index contributed by atoms with van der Waals surface area (Å²) >= 11 is 0.